The van der Waals surface area contributed by atoms with E-state index in [0.29, 0.717) is 32.0 Å². The molecule has 3 rings (SSSR count). The van der Waals surface area contributed by atoms with Crippen molar-refractivity contribution in [2.45, 2.75) is 46.5 Å². The van der Waals surface area contributed by atoms with Crippen LogP contribution >= 0.6 is 0 Å². The van der Waals surface area contributed by atoms with Crippen molar-refractivity contribution in [1.29, 1.82) is 0 Å². The summed E-state index contributed by atoms with van der Waals surface area (Å²) in [6, 6.07) is 5.91. The summed E-state index contributed by atoms with van der Waals surface area (Å²) in [4.78, 5) is 12.8. The van der Waals surface area contributed by atoms with Crippen LogP contribution in [0.4, 0.5) is 5.69 Å². The molecule has 150 valence electrons. The van der Waals surface area contributed by atoms with Gasteiger partial charge in [0.25, 0.3) is 10.2 Å². The number of anilines is 1. The van der Waals surface area contributed by atoms with Gasteiger partial charge >= 0.3 is 0 Å². The van der Waals surface area contributed by atoms with Crippen molar-refractivity contribution in [3.8, 4) is 0 Å². The van der Waals surface area contributed by atoms with Crippen LogP contribution in [0, 0.1) is 25.7 Å². The fourth-order valence-corrected chi connectivity index (χ4v) is 5.66. The zero-order chi connectivity index (χ0) is 19.6. The lowest BCUT2D eigenvalue weighted by Crippen LogP contribution is -2.51. The summed E-state index contributed by atoms with van der Waals surface area (Å²) in [6.45, 7) is 8.09. The summed E-state index contributed by atoms with van der Waals surface area (Å²) in [5.74, 6) is 0.182. The summed E-state index contributed by atoms with van der Waals surface area (Å²) in [7, 11) is -3.47. The lowest BCUT2D eigenvalue weighted by atomic mass is 9.98. The molecule has 0 radical (unpaired) electrons. The number of carbonyl (C=O) groups is 1. The minimum atomic E-state index is -3.47. The van der Waals surface area contributed by atoms with Crippen LogP contribution in [0.2, 0.25) is 0 Å². The number of carbonyl (C=O) groups excluding carboxylic acids is 1. The van der Waals surface area contributed by atoms with Crippen molar-refractivity contribution in [3.05, 3.63) is 29.3 Å². The van der Waals surface area contributed by atoms with E-state index in [1.54, 1.807) is 4.31 Å². The largest absolute Gasteiger partial charge is 0.326 e. The highest BCUT2D eigenvalue weighted by molar-refractivity contribution is 7.86. The highest BCUT2D eigenvalue weighted by atomic mass is 32.2. The smallest absolute Gasteiger partial charge is 0.281 e. The Hall–Kier alpha value is -1.44. The first kappa shape index (κ1) is 20.3. The number of nitrogens with zero attached hydrogens (tertiary/aromatic N) is 2. The standard InChI is InChI=1S/C20H31N3O3S/c1-15-8-11-22(12-9-15)27(25,26)23-10-4-5-18(14-23)20(24)21-19-7-6-16(2)13-17(19)3/h6-7,13,15,18H,4-5,8-12,14H2,1-3H3,(H,21,24). The van der Waals surface area contributed by atoms with Crippen LogP contribution in [0.5, 0.6) is 0 Å². The molecule has 2 heterocycles. The number of hydrogen-bond acceptors (Lipinski definition) is 3. The Bertz CT molecular complexity index is 786. The first-order valence-corrected chi connectivity index (χ1v) is 11.3. The number of hydrogen-bond donors (Lipinski definition) is 1. The minimum Gasteiger partial charge on any atom is -0.326 e. The fourth-order valence-electron chi connectivity index (χ4n) is 3.93. The second kappa shape index (κ2) is 8.29. The summed E-state index contributed by atoms with van der Waals surface area (Å²) in [5, 5.41) is 2.99. The Kier molecular flexibility index (Phi) is 6.23. The molecule has 1 atom stereocenters. The maximum absolute atomic E-state index is 13.0. The molecule has 0 aromatic heterocycles. The number of amides is 1. The van der Waals surface area contributed by atoms with E-state index in [1.165, 1.54) is 4.31 Å². The Morgan fingerprint density at radius 1 is 1.07 bits per heavy atom. The van der Waals surface area contributed by atoms with Gasteiger partial charge in [-0.3, -0.25) is 4.79 Å². The van der Waals surface area contributed by atoms with Crippen LogP contribution in [0.3, 0.4) is 0 Å². The molecule has 2 aliphatic rings. The number of rotatable bonds is 4. The normalized spacial score (nSPS) is 23.3. The van der Waals surface area contributed by atoms with E-state index >= 15 is 0 Å². The van der Waals surface area contributed by atoms with E-state index in [2.05, 4.69) is 12.2 Å². The van der Waals surface area contributed by atoms with E-state index in [0.717, 1.165) is 36.1 Å². The molecule has 0 aliphatic carbocycles. The number of benzene rings is 1. The lowest BCUT2D eigenvalue weighted by Gasteiger charge is -2.37. The maximum Gasteiger partial charge on any atom is 0.281 e. The Labute approximate surface area is 163 Å². The van der Waals surface area contributed by atoms with Gasteiger partial charge in [0.2, 0.25) is 5.91 Å². The van der Waals surface area contributed by atoms with Gasteiger partial charge in [0, 0.05) is 31.9 Å². The van der Waals surface area contributed by atoms with E-state index < -0.39 is 10.2 Å². The van der Waals surface area contributed by atoms with Gasteiger partial charge in [0.05, 0.1) is 5.92 Å². The third-order valence-electron chi connectivity index (χ3n) is 5.79. The van der Waals surface area contributed by atoms with E-state index in [9.17, 15) is 13.2 Å². The molecule has 2 saturated heterocycles. The zero-order valence-corrected chi connectivity index (χ0v) is 17.4. The number of aryl methyl sites for hydroxylation is 2. The van der Waals surface area contributed by atoms with Crippen molar-refractivity contribution in [1.82, 2.24) is 8.61 Å². The molecule has 1 aromatic rings. The van der Waals surface area contributed by atoms with Crippen molar-refractivity contribution in [2.75, 3.05) is 31.5 Å². The second-order valence-corrected chi connectivity index (χ2v) is 10.0. The average Bonchev–Trinajstić information content (AvgIpc) is 2.64. The average molecular weight is 394 g/mol. The van der Waals surface area contributed by atoms with Gasteiger partial charge in [-0.05, 0) is 57.1 Å². The first-order chi connectivity index (χ1) is 12.8. The maximum atomic E-state index is 13.0. The van der Waals surface area contributed by atoms with Crippen molar-refractivity contribution >= 4 is 21.8 Å². The van der Waals surface area contributed by atoms with E-state index in [-0.39, 0.29) is 18.4 Å². The van der Waals surface area contributed by atoms with Gasteiger partial charge in [-0.1, -0.05) is 24.6 Å². The zero-order valence-electron chi connectivity index (χ0n) is 16.6. The predicted molar refractivity (Wildman–Crippen MR) is 108 cm³/mol. The first-order valence-electron chi connectivity index (χ1n) is 9.90. The van der Waals surface area contributed by atoms with Gasteiger partial charge in [0.1, 0.15) is 0 Å². The predicted octanol–water partition coefficient (Wildman–Crippen LogP) is 2.93. The number of nitrogens with one attached hydrogen (secondary N) is 1. The molecule has 2 fully saturated rings. The number of piperidine rings is 2. The Morgan fingerprint density at radius 2 is 1.78 bits per heavy atom. The topological polar surface area (TPSA) is 69.7 Å². The molecular formula is C20H31N3O3S. The van der Waals surface area contributed by atoms with E-state index in [4.69, 9.17) is 0 Å². The van der Waals surface area contributed by atoms with Crippen LogP contribution in [-0.4, -0.2) is 49.1 Å². The molecule has 7 heteroatoms. The van der Waals surface area contributed by atoms with Crippen LogP contribution in [0.25, 0.3) is 0 Å². The minimum absolute atomic E-state index is 0.0888. The molecule has 0 spiro atoms. The highest BCUT2D eigenvalue weighted by Gasteiger charge is 2.37. The summed E-state index contributed by atoms with van der Waals surface area (Å²) in [5.41, 5.74) is 2.97. The van der Waals surface area contributed by atoms with Crippen LogP contribution in [0.15, 0.2) is 18.2 Å². The van der Waals surface area contributed by atoms with Crippen molar-refractivity contribution in [2.24, 2.45) is 11.8 Å². The Balaban J connectivity index is 1.65. The van der Waals surface area contributed by atoms with Crippen molar-refractivity contribution in [3.63, 3.8) is 0 Å². The summed E-state index contributed by atoms with van der Waals surface area (Å²) in [6.07, 6.45) is 3.25. The Morgan fingerprint density at radius 3 is 2.44 bits per heavy atom. The third-order valence-corrected chi connectivity index (χ3v) is 7.79. The molecule has 1 aromatic carbocycles. The molecule has 1 unspecified atom stereocenters. The highest BCUT2D eigenvalue weighted by Crippen LogP contribution is 2.26. The van der Waals surface area contributed by atoms with Crippen LogP contribution in [0.1, 0.15) is 43.7 Å². The van der Waals surface area contributed by atoms with Crippen molar-refractivity contribution < 1.29 is 13.2 Å². The monoisotopic (exact) mass is 393 g/mol. The summed E-state index contributed by atoms with van der Waals surface area (Å²) >= 11 is 0. The molecule has 0 saturated carbocycles. The van der Waals surface area contributed by atoms with Gasteiger partial charge in [-0.15, -0.1) is 0 Å². The van der Waals surface area contributed by atoms with Gasteiger partial charge in [-0.2, -0.15) is 17.0 Å². The molecule has 6 nitrogen and oxygen atoms in total. The van der Waals surface area contributed by atoms with Crippen LogP contribution < -0.4 is 5.32 Å². The van der Waals surface area contributed by atoms with Gasteiger partial charge in [-0.25, -0.2) is 0 Å². The SMILES string of the molecule is Cc1ccc(NC(=O)C2CCCN(S(=O)(=O)N3CCC(C)CC3)C2)c(C)c1. The molecular weight excluding hydrogens is 362 g/mol. The quantitative estimate of drug-likeness (QED) is 0.855. The molecule has 1 N–H and O–H groups in total. The molecule has 27 heavy (non-hydrogen) atoms. The van der Waals surface area contributed by atoms with Gasteiger partial charge in [0.15, 0.2) is 0 Å². The van der Waals surface area contributed by atoms with Crippen LogP contribution in [-0.2, 0) is 15.0 Å². The molecule has 0 bridgehead atoms. The van der Waals surface area contributed by atoms with E-state index in [1.807, 2.05) is 32.0 Å². The second-order valence-electron chi connectivity index (χ2n) is 8.09. The summed E-state index contributed by atoms with van der Waals surface area (Å²) < 4.78 is 29.1. The molecule has 1 amide bonds. The lowest BCUT2D eigenvalue weighted by molar-refractivity contribution is -0.120. The third kappa shape index (κ3) is 4.70. The molecule has 2 aliphatic heterocycles. The fraction of sp³-hybridized carbons (Fsp3) is 0.650. The van der Waals surface area contributed by atoms with Gasteiger partial charge < -0.3 is 5.32 Å².